The van der Waals surface area contributed by atoms with Gasteiger partial charge in [-0.15, -0.1) is 0 Å². The van der Waals surface area contributed by atoms with E-state index in [0.29, 0.717) is 13.0 Å². The zero-order valence-electron chi connectivity index (χ0n) is 29.8. The summed E-state index contributed by atoms with van der Waals surface area (Å²) in [6, 6.07) is 34.9. The Balaban J connectivity index is 1.20. The molecule has 0 bridgehead atoms. The number of carbonyl (C=O) groups excluding carboxylic acids is 2. The zero-order valence-corrected chi connectivity index (χ0v) is 30.8. The predicted octanol–water partition coefficient (Wildman–Crippen LogP) is 7.04. The topological polar surface area (TPSA) is 79.3 Å². The van der Waals surface area contributed by atoms with Crippen molar-refractivity contribution in [2.75, 3.05) is 25.2 Å². The molecule has 1 N–H and O–H groups in total. The van der Waals surface area contributed by atoms with Crippen molar-refractivity contribution >= 4 is 36.4 Å². The van der Waals surface area contributed by atoms with Crippen molar-refractivity contribution in [1.82, 2.24) is 4.90 Å². The average molecular weight is 691 g/mol. The first-order chi connectivity index (χ1) is 24.2. The Bertz CT molecular complexity index is 1740. The molecule has 8 heteroatoms. The second-order valence-corrected chi connectivity index (χ2v) is 19.0. The molecule has 2 aliphatic heterocycles. The Labute approximate surface area is 297 Å². The van der Waals surface area contributed by atoms with Crippen molar-refractivity contribution in [3.8, 4) is 5.75 Å². The molecule has 2 heterocycles. The van der Waals surface area contributed by atoms with Crippen LogP contribution in [0.2, 0.25) is 18.6 Å². The van der Waals surface area contributed by atoms with Gasteiger partial charge in [-0.2, -0.15) is 0 Å². The molecule has 0 unspecified atom stereocenters. The number of benzene rings is 4. The third kappa shape index (κ3) is 7.73. The number of fused-ring (bicyclic) bond motifs is 1. The van der Waals surface area contributed by atoms with Crippen LogP contribution in [0.4, 0.5) is 11.4 Å². The smallest absolute Gasteiger partial charge is 0.231 e. The normalized spacial score (nSPS) is 20.4. The van der Waals surface area contributed by atoms with Gasteiger partial charge in [0, 0.05) is 25.2 Å². The first-order valence-electron chi connectivity index (χ1n) is 17.9. The largest absolute Gasteiger partial charge is 0.497 e. The molecule has 0 aliphatic carbocycles. The highest BCUT2D eigenvalue weighted by atomic mass is 28.3. The summed E-state index contributed by atoms with van der Waals surface area (Å²) in [5.74, 6) is 1.22. The van der Waals surface area contributed by atoms with E-state index in [2.05, 4.69) is 62.5 Å². The minimum Gasteiger partial charge on any atom is -0.497 e. The number of aliphatic hydroxyl groups excluding tert-OH is 1. The summed E-state index contributed by atoms with van der Waals surface area (Å²) in [5, 5.41) is 11.2. The molecular weight excluding hydrogens is 641 g/mol. The number of hydrogen-bond donors (Lipinski definition) is 1. The van der Waals surface area contributed by atoms with E-state index in [9.17, 15) is 14.7 Å². The van der Waals surface area contributed by atoms with Crippen LogP contribution in [0.15, 0.2) is 103 Å². The van der Waals surface area contributed by atoms with Crippen LogP contribution in [0.25, 0.3) is 0 Å². The van der Waals surface area contributed by atoms with Crippen LogP contribution in [0, 0.1) is 5.92 Å². The van der Waals surface area contributed by atoms with Gasteiger partial charge in [0.15, 0.2) is 0 Å². The lowest BCUT2D eigenvalue weighted by Crippen LogP contribution is -2.51. The molecule has 0 aromatic heterocycles. The molecule has 4 aromatic rings. The molecule has 50 heavy (non-hydrogen) atoms. The van der Waals surface area contributed by atoms with Gasteiger partial charge >= 0.3 is 0 Å². The monoisotopic (exact) mass is 690 g/mol. The Morgan fingerprint density at radius 1 is 0.900 bits per heavy atom. The standard InChI is InChI=1S/C42H50N2O5Si/c1-30-38(24-16-31-14-18-34(19-15-31)44-37-13-9-8-12-33(37)17-25-40(44)46)49-39(42(30)50(3,4)36-22-20-35(48-2)21-23-36)28-41(47)43(26-27-45)29-32-10-6-5-7-11-32/h5-15,18-23,30,38-39,42,45H,16-17,24-29H2,1-4H3/t30-,38+,39-,42+/m0/s1. The van der Waals surface area contributed by atoms with E-state index in [1.165, 1.54) is 16.3 Å². The molecule has 0 spiro atoms. The minimum atomic E-state index is -2.15. The van der Waals surface area contributed by atoms with Crippen molar-refractivity contribution in [3.63, 3.8) is 0 Å². The number of aryl methyl sites for hydroxylation is 2. The minimum absolute atomic E-state index is 0.00142. The molecule has 1 saturated heterocycles. The molecule has 0 radical (unpaired) electrons. The number of anilines is 2. The van der Waals surface area contributed by atoms with E-state index in [-0.39, 0.29) is 55.1 Å². The van der Waals surface area contributed by atoms with Crippen molar-refractivity contribution in [2.45, 2.75) is 76.4 Å². The lowest BCUT2D eigenvalue weighted by atomic mass is 9.94. The van der Waals surface area contributed by atoms with Crippen LogP contribution in [0.1, 0.15) is 42.9 Å². The van der Waals surface area contributed by atoms with E-state index in [1.807, 2.05) is 65.6 Å². The van der Waals surface area contributed by atoms with Gasteiger partial charge in [-0.3, -0.25) is 14.5 Å². The van der Waals surface area contributed by atoms with Gasteiger partial charge in [0.1, 0.15) is 5.75 Å². The first kappa shape index (κ1) is 35.6. The molecule has 1 fully saturated rings. The predicted molar refractivity (Wildman–Crippen MR) is 202 cm³/mol. The summed E-state index contributed by atoms with van der Waals surface area (Å²) in [6.07, 6.45) is 3.02. The quantitative estimate of drug-likeness (QED) is 0.152. The summed E-state index contributed by atoms with van der Waals surface area (Å²) in [7, 11) is -0.468. The number of carbonyl (C=O) groups is 2. The molecule has 0 saturated carbocycles. The van der Waals surface area contributed by atoms with Crippen LogP contribution < -0.4 is 14.8 Å². The lowest BCUT2D eigenvalue weighted by Gasteiger charge is -2.36. The van der Waals surface area contributed by atoms with Gasteiger partial charge in [0.2, 0.25) is 11.8 Å². The van der Waals surface area contributed by atoms with E-state index in [0.717, 1.165) is 42.0 Å². The van der Waals surface area contributed by atoms with Crippen LogP contribution >= 0.6 is 0 Å². The summed E-state index contributed by atoms with van der Waals surface area (Å²) >= 11 is 0. The summed E-state index contributed by atoms with van der Waals surface area (Å²) in [6.45, 7) is 7.75. The van der Waals surface area contributed by atoms with E-state index in [1.54, 1.807) is 12.0 Å². The highest BCUT2D eigenvalue weighted by Gasteiger charge is 2.51. The highest BCUT2D eigenvalue weighted by molar-refractivity contribution is 6.91. The van der Waals surface area contributed by atoms with Gasteiger partial charge in [-0.1, -0.05) is 98.0 Å². The molecule has 2 aliphatic rings. The van der Waals surface area contributed by atoms with Gasteiger partial charge in [-0.05, 0) is 77.7 Å². The van der Waals surface area contributed by atoms with Crippen molar-refractivity contribution in [3.05, 3.63) is 120 Å². The van der Waals surface area contributed by atoms with E-state index < -0.39 is 8.07 Å². The van der Waals surface area contributed by atoms with Crippen LogP contribution in [-0.2, 0) is 33.7 Å². The Morgan fingerprint density at radius 2 is 1.60 bits per heavy atom. The van der Waals surface area contributed by atoms with E-state index in [4.69, 9.17) is 9.47 Å². The number of hydrogen-bond acceptors (Lipinski definition) is 5. The van der Waals surface area contributed by atoms with Crippen LogP contribution in [0.5, 0.6) is 5.75 Å². The third-order valence-electron chi connectivity index (χ3n) is 10.9. The van der Waals surface area contributed by atoms with Crippen LogP contribution in [-0.4, -0.2) is 62.4 Å². The van der Waals surface area contributed by atoms with Gasteiger partial charge in [0.05, 0.1) is 46.1 Å². The summed E-state index contributed by atoms with van der Waals surface area (Å²) < 4.78 is 12.4. The Hall–Kier alpha value is -4.24. The first-order valence-corrected chi connectivity index (χ1v) is 21.0. The highest BCUT2D eigenvalue weighted by Crippen LogP contribution is 2.46. The number of ether oxygens (including phenoxy) is 2. The number of para-hydroxylation sites is 1. The Kier molecular flexibility index (Phi) is 11.2. The number of nitrogens with zero attached hydrogens (tertiary/aromatic N) is 2. The molecule has 6 rings (SSSR count). The average Bonchev–Trinajstić information content (AvgIpc) is 3.45. The van der Waals surface area contributed by atoms with Gasteiger partial charge in [0.25, 0.3) is 0 Å². The number of methoxy groups -OCH3 is 1. The van der Waals surface area contributed by atoms with Crippen molar-refractivity contribution < 1.29 is 24.2 Å². The van der Waals surface area contributed by atoms with Crippen molar-refractivity contribution in [2.24, 2.45) is 5.92 Å². The SMILES string of the molecule is COc1ccc([Si](C)(C)[C@@H]2[C@@H](C)[C@@H](CCc3ccc(N4C(=O)CCc5ccccc54)cc3)O[C@H]2CC(=O)N(CCO)Cc2ccccc2)cc1. The molecule has 4 aromatic carbocycles. The zero-order chi connectivity index (χ0) is 35.3. The molecule has 7 nitrogen and oxygen atoms in total. The second kappa shape index (κ2) is 15.8. The molecule has 262 valence electrons. The number of amides is 2. The van der Waals surface area contributed by atoms with Gasteiger partial charge in [-0.25, -0.2) is 0 Å². The number of rotatable bonds is 13. The molecule has 2 amide bonds. The Morgan fingerprint density at radius 3 is 2.30 bits per heavy atom. The summed E-state index contributed by atoms with van der Waals surface area (Å²) in [4.78, 5) is 30.5. The van der Waals surface area contributed by atoms with Gasteiger partial charge < -0.3 is 19.5 Å². The maximum atomic E-state index is 13.9. The van der Waals surface area contributed by atoms with Crippen LogP contribution in [0.3, 0.4) is 0 Å². The fourth-order valence-electron chi connectivity index (χ4n) is 8.19. The molecule has 4 atom stereocenters. The van der Waals surface area contributed by atoms with Crippen molar-refractivity contribution in [1.29, 1.82) is 0 Å². The molecular formula is C42H50N2O5Si. The summed E-state index contributed by atoms with van der Waals surface area (Å²) in [5.41, 5.74) is 5.52. The third-order valence-corrected chi connectivity index (χ3v) is 15.3. The lowest BCUT2D eigenvalue weighted by molar-refractivity contribution is -0.135. The van der Waals surface area contributed by atoms with E-state index >= 15 is 0 Å². The number of aliphatic hydroxyl groups is 1. The maximum Gasteiger partial charge on any atom is 0.231 e. The maximum absolute atomic E-state index is 13.9. The second-order valence-electron chi connectivity index (χ2n) is 14.3. The fraction of sp³-hybridized carbons (Fsp3) is 0.381. The fourth-order valence-corrected chi connectivity index (χ4v) is 12.3.